The van der Waals surface area contributed by atoms with Gasteiger partial charge in [0.05, 0.1) is 0 Å². The molecule has 0 aromatic rings. The first kappa shape index (κ1) is 14.5. The Balaban J connectivity index is 2.95. The topological polar surface area (TPSA) is 40.5 Å². The Morgan fingerprint density at radius 3 is 2.41 bits per heavy atom. The van der Waals surface area contributed by atoms with Crippen molar-refractivity contribution in [2.75, 3.05) is 7.05 Å². The van der Waals surface area contributed by atoms with Crippen LogP contribution in [0.15, 0.2) is 0 Å². The summed E-state index contributed by atoms with van der Waals surface area (Å²) in [6.07, 6.45) is 3.78. The van der Waals surface area contributed by atoms with Gasteiger partial charge in [0.2, 0.25) is 0 Å². The lowest BCUT2D eigenvalue weighted by Crippen LogP contribution is -2.59. The van der Waals surface area contributed by atoms with Crippen LogP contribution in [0.4, 0.5) is 0 Å². The third-order valence-corrected chi connectivity index (χ3v) is 4.62. The maximum Gasteiger partial charge on any atom is 0.324 e. The van der Waals surface area contributed by atoms with Gasteiger partial charge < -0.3 is 5.11 Å². The van der Waals surface area contributed by atoms with Gasteiger partial charge in [-0.15, -0.1) is 0 Å². The number of hydrogen-bond donors (Lipinski definition) is 1. The molecule has 1 aliphatic rings. The average molecular weight is 241 g/mol. The smallest absolute Gasteiger partial charge is 0.324 e. The van der Waals surface area contributed by atoms with E-state index in [9.17, 15) is 9.90 Å². The van der Waals surface area contributed by atoms with E-state index in [0.717, 1.165) is 19.3 Å². The second-order valence-electron chi connectivity index (χ2n) is 6.13. The van der Waals surface area contributed by atoms with E-state index in [-0.39, 0.29) is 0 Å². The molecule has 0 aromatic heterocycles. The summed E-state index contributed by atoms with van der Waals surface area (Å²) in [5, 5.41) is 9.67. The van der Waals surface area contributed by atoms with E-state index in [0.29, 0.717) is 17.9 Å². The number of carbonyl (C=O) groups is 1. The highest BCUT2D eigenvalue weighted by Crippen LogP contribution is 2.38. The molecule has 3 unspecified atom stereocenters. The molecule has 3 atom stereocenters. The number of carboxylic acids is 1. The van der Waals surface area contributed by atoms with Crippen molar-refractivity contribution in [3.05, 3.63) is 0 Å². The van der Waals surface area contributed by atoms with Crippen molar-refractivity contribution in [3.8, 4) is 0 Å². The third-order valence-electron chi connectivity index (χ3n) is 4.62. The first-order valence-electron chi connectivity index (χ1n) is 6.77. The van der Waals surface area contributed by atoms with Crippen molar-refractivity contribution < 1.29 is 9.90 Å². The summed E-state index contributed by atoms with van der Waals surface area (Å²) in [6.45, 7) is 8.62. The van der Waals surface area contributed by atoms with Crippen molar-refractivity contribution >= 4 is 5.97 Å². The van der Waals surface area contributed by atoms with E-state index < -0.39 is 11.5 Å². The fourth-order valence-corrected chi connectivity index (χ4v) is 3.03. The average Bonchev–Trinajstić information content (AvgIpc) is 2.26. The molecule has 3 heteroatoms. The first-order valence-corrected chi connectivity index (χ1v) is 6.77. The van der Waals surface area contributed by atoms with Crippen LogP contribution in [0, 0.1) is 11.8 Å². The predicted molar refractivity (Wildman–Crippen MR) is 70.1 cm³/mol. The molecular formula is C14H27NO2. The van der Waals surface area contributed by atoms with Gasteiger partial charge in [-0.1, -0.05) is 33.6 Å². The molecule has 1 rings (SSSR count). The summed E-state index contributed by atoms with van der Waals surface area (Å²) in [5.41, 5.74) is -0.638. The molecule has 0 bridgehead atoms. The van der Waals surface area contributed by atoms with E-state index in [1.807, 2.05) is 7.05 Å². The van der Waals surface area contributed by atoms with Gasteiger partial charge in [-0.2, -0.15) is 0 Å². The van der Waals surface area contributed by atoms with Crippen molar-refractivity contribution in [3.63, 3.8) is 0 Å². The molecule has 3 nitrogen and oxygen atoms in total. The molecule has 1 fully saturated rings. The summed E-state index contributed by atoms with van der Waals surface area (Å²) in [7, 11) is 1.98. The van der Waals surface area contributed by atoms with Gasteiger partial charge in [0, 0.05) is 6.04 Å². The fraction of sp³-hybridized carbons (Fsp3) is 0.929. The summed E-state index contributed by atoms with van der Waals surface area (Å²) in [6, 6.07) is 0.302. The second-order valence-corrected chi connectivity index (χ2v) is 6.13. The quantitative estimate of drug-likeness (QED) is 0.822. The number of likely N-dealkylation sites (N-methyl/N-ethyl adjacent to an activating group) is 1. The number of rotatable bonds is 4. The minimum absolute atomic E-state index is 0.302. The zero-order chi connectivity index (χ0) is 13.2. The predicted octanol–water partition coefficient (Wildman–Crippen LogP) is 3.00. The van der Waals surface area contributed by atoms with Gasteiger partial charge in [0.1, 0.15) is 5.54 Å². The maximum absolute atomic E-state index is 11.7. The van der Waals surface area contributed by atoms with Crippen LogP contribution in [0.2, 0.25) is 0 Å². The van der Waals surface area contributed by atoms with Gasteiger partial charge in [-0.3, -0.25) is 9.69 Å². The molecule has 1 aliphatic carbocycles. The van der Waals surface area contributed by atoms with E-state index in [2.05, 4.69) is 32.6 Å². The Morgan fingerprint density at radius 1 is 1.41 bits per heavy atom. The molecule has 0 spiro atoms. The summed E-state index contributed by atoms with van der Waals surface area (Å²) in [5.74, 6) is 0.356. The molecule has 100 valence electrons. The Kier molecular flexibility index (Phi) is 4.59. The van der Waals surface area contributed by atoms with Gasteiger partial charge in [0.15, 0.2) is 0 Å². The molecule has 0 aliphatic heterocycles. The molecule has 0 amide bonds. The number of hydrogen-bond acceptors (Lipinski definition) is 2. The van der Waals surface area contributed by atoms with Crippen LogP contribution < -0.4 is 0 Å². The zero-order valence-electron chi connectivity index (χ0n) is 11.9. The van der Waals surface area contributed by atoms with Crippen LogP contribution in [0.1, 0.15) is 53.4 Å². The van der Waals surface area contributed by atoms with Gasteiger partial charge in [-0.25, -0.2) is 0 Å². The Labute approximate surface area is 105 Å². The SMILES string of the molecule is CC1CCCC(C(=O)O)(N(C)C(C)C(C)C)C1. The highest BCUT2D eigenvalue weighted by Gasteiger charge is 2.46. The second kappa shape index (κ2) is 5.38. The van der Waals surface area contributed by atoms with Crippen molar-refractivity contribution in [1.29, 1.82) is 0 Å². The minimum atomic E-state index is -0.640. The number of carboxylic acid groups (broad SMARTS) is 1. The lowest BCUT2D eigenvalue weighted by Gasteiger charge is -2.46. The van der Waals surface area contributed by atoms with E-state index >= 15 is 0 Å². The molecule has 1 N–H and O–H groups in total. The van der Waals surface area contributed by atoms with Crippen LogP contribution in [0.3, 0.4) is 0 Å². The molecular weight excluding hydrogens is 214 g/mol. The number of nitrogens with zero attached hydrogens (tertiary/aromatic N) is 1. The van der Waals surface area contributed by atoms with E-state index in [1.165, 1.54) is 6.42 Å². The molecule has 1 saturated carbocycles. The normalized spacial score (nSPS) is 31.8. The van der Waals surface area contributed by atoms with Crippen molar-refractivity contribution in [2.24, 2.45) is 11.8 Å². The van der Waals surface area contributed by atoms with Crippen LogP contribution in [0.5, 0.6) is 0 Å². The Bertz CT molecular complexity index is 277. The molecule has 0 radical (unpaired) electrons. The minimum Gasteiger partial charge on any atom is -0.480 e. The van der Waals surface area contributed by atoms with Gasteiger partial charge in [-0.05, 0) is 38.6 Å². The third kappa shape index (κ3) is 2.82. The molecule has 0 saturated heterocycles. The highest BCUT2D eigenvalue weighted by atomic mass is 16.4. The largest absolute Gasteiger partial charge is 0.480 e. The maximum atomic E-state index is 11.7. The molecule has 0 heterocycles. The molecule has 0 aromatic carbocycles. The monoisotopic (exact) mass is 241 g/mol. The van der Waals surface area contributed by atoms with E-state index in [4.69, 9.17) is 0 Å². The number of aliphatic carboxylic acids is 1. The highest BCUT2D eigenvalue weighted by molar-refractivity contribution is 5.79. The summed E-state index contributed by atoms with van der Waals surface area (Å²) in [4.78, 5) is 13.9. The van der Waals surface area contributed by atoms with Crippen LogP contribution >= 0.6 is 0 Å². The van der Waals surface area contributed by atoms with Crippen LogP contribution in [-0.2, 0) is 4.79 Å². The first-order chi connectivity index (χ1) is 7.81. The van der Waals surface area contributed by atoms with Crippen molar-refractivity contribution in [1.82, 2.24) is 4.90 Å². The summed E-state index contributed by atoms with van der Waals surface area (Å²) < 4.78 is 0. The van der Waals surface area contributed by atoms with E-state index in [1.54, 1.807) is 0 Å². The Hall–Kier alpha value is -0.570. The molecule has 17 heavy (non-hydrogen) atoms. The lowest BCUT2D eigenvalue weighted by atomic mass is 9.74. The van der Waals surface area contributed by atoms with Gasteiger partial charge >= 0.3 is 5.97 Å². The Morgan fingerprint density at radius 2 is 2.00 bits per heavy atom. The lowest BCUT2D eigenvalue weighted by molar-refractivity contribution is -0.156. The standard InChI is InChI=1S/C14H27NO2/c1-10(2)12(4)15(5)14(13(16)17)8-6-7-11(3)9-14/h10-12H,6-9H2,1-5H3,(H,16,17). The summed E-state index contributed by atoms with van der Waals surface area (Å²) >= 11 is 0. The van der Waals surface area contributed by atoms with Gasteiger partial charge in [0.25, 0.3) is 0 Å². The van der Waals surface area contributed by atoms with Crippen LogP contribution in [-0.4, -0.2) is 34.6 Å². The zero-order valence-corrected chi connectivity index (χ0v) is 11.9. The van der Waals surface area contributed by atoms with Crippen LogP contribution in [0.25, 0.3) is 0 Å². The fourth-order valence-electron chi connectivity index (χ4n) is 3.03. The van der Waals surface area contributed by atoms with Crippen molar-refractivity contribution in [2.45, 2.75) is 65.0 Å².